The molecule has 2 N–H and O–H groups in total. The number of nitrogens with zero attached hydrogens (tertiary/aromatic N) is 2. The third-order valence-corrected chi connectivity index (χ3v) is 4.49. The van der Waals surface area contributed by atoms with E-state index in [0.29, 0.717) is 5.02 Å². The second-order valence-corrected chi connectivity index (χ2v) is 6.18. The zero-order chi connectivity index (χ0) is 16.9. The monoisotopic (exact) mass is 342 g/mol. The summed E-state index contributed by atoms with van der Waals surface area (Å²) in [4.78, 5) is 7.22. The molecule has 5 heteroatoms. The number of aliphatic imine (C=N–C) groups is 1. The van der Waals surface area contributed by atoms with E-state index in [1.54, 1.807) is 0 Å². The van der Waals surface area contributed by atoms with E-state index < -0.39 is 0 Å². The highest BCUT2D eigenvalue weighted by Crippen LogP contribution is 2.35. The average Bonchev–Trinajstić information content (AvgIpc) is 2.75. The Kier molecular flexibility index (Phi) is 5.38. The lowest BCUT2D eigenvalue weighted by atomic mass is 10.1. The van der Waals surface area contributed by atoms with Crippen LogP contribution >= 0.6 is 11.6 Å². The molecule has 4 nitrogen and oxygen atoms in total. The molecule has 0 saturated carbocycles. The molecule has 0 saturated heterocycles. The summed E-state index contributed by atoms with van der Waals surface area (Å²) in [6, 6.07) is 14.0. The van der Waals surface area contributed by atoms with Gasteiger partial charge in [-0.2, -0.15) is 0 Å². The molecule has 2 aromatic rings. The molecule has 3 rings (SSSR count). The summed E-state index contributed by atoms with van der Waals surface area (Å²) >= 11 is 6.15. The van der Waals surface area contributed by atoms with Gasteiger partial charge >= 0.3 is 0 Å². The van der Waals surface area contributed by atoms with E-state index in [0.717, 1.165) is 54.6 Å². The van der Waals surface area contributed by atoms with E-state index in [1.807, 2.05) is 30.3 Å². The molecule has 1 aliphatic heterocycles. The van der Waals surface area contributed by atoms with Gasteiger partial charge in [-0.05, 0) is 43.4 Å². The average molecular weight is 343 g/mol. The molecule has 1 heterocycles. The summed E-state index contributed by atoms with van der Waals surface area (Å²) in [6.45, 7) is 8.32. The van der Waals surface area contributed by atoms with Crippen LogP contribution in [0.4, 0.5) is 17.1 Å². The zero-order valence-corrected chi connectivity index (χ0v) is 14.9. The second-order valence-electron chi connectivity index (χ2n) is 5.75. The molecule has 0 bridgehead atoms. The van der Waals surface area contributed by atoms with Crippen molar-refractivity contribution in [3.63, 3.8) is 0 Å². The van der Waals surface area contributed by atoms with E-state index in [9.17, 15) is 0 Å². The van der Waals surface area contributed by atoms with Crippen LogP contribution < -0.4 is 10.6 Å². The fraction of sp³-hybridized carbons (Fsp3) is 0.316. The van der Waals surface area contributed by atoms with E-state index in [4.69, 9.17) is 16.6 Å². The van der Waals surface area contributed by atoms with Crippen LogP contribution in [-0.2, 0) is 0 Å². The smallest absolute Gasteiger partial charge is 0.136 e. The predicted molar refractivity (Wildman–Crippen MR) is 103 cm³/mol. The van der Waals surface area contributed by atoms with E-state index >= 15 is 0 Å². The number of hydrogen-bond donors (Lipinski definition) is 2. The molecular weight excluding hydrogens is 320 g/mol. The van der Waals surface area contributed by atoms with Crippen LogP contribution in [0.2, 0.25) is 5.02 Å². The van der Waals surface area contributed by atoms with E-state index in [-0.39, 0.29) is 0 Å². The summed E-state index contributed by atoms with van der Waals surface area (Å²) in [7, 11) is 0. The predicted octanol–water partition coefficient (Wildman–Crippen LogP) is 4.41. The second kappa shape index (κ2) is 7.69. The third-order valence-electron chi connectivity index (χ3n) is 4.26. The summed E-state index contributed by atoms with van der Waals surface area (Å²) in [5.41, 5.74) is 3.94. The van der Waals surface area contributed by atoms with Crippen LogP contribution in [0.1, 0.15) is 19.4 Å². The molecule has 2 aromatic carbocycles. The minimum Gasteiger partial charge on any atom is -0.368 e. The van der Waals surface area contributed by atoms with Crippen molar-refractivity contribution in [2.24, 2.45) is 4.99 Å². The van der Waals surface area contributed by atoms with Crippen molar-refractivity contribution in [3.05, 3.63) is 53.1 Å². The summed E-state index contributed by atoms with van der Waals surface area (Å²) in [6.07, 6.45) is 0. The molecule has 0 atom stereocenters. The Bertz CT molecular complexity index is 738. The molecule has 1 aliphatic rings. The van der Waals surface area contributed by atoms with Crippen molar-refractivity contribution in [1.82, 2.24) is 10.2 Å². The Morgan fingerprint density at radius 2 is 1.88 bits per heavy atom. The van der Waals surface area contributed by atoms with Crippen molar-refractivity contribution in [2.45, 2.75) is 13.8 Å². The van der Waals surface area contributed by atoms with Crippen LogP contribution in [-0.4, -0.2) is 36.9 Å². The number of rotatable bonds is 5. The quantitative estimate of drug-likeness (QED) is 0.845. The van der Waals surface area contributed by atoms with Gasteiger partial charge in [0.1, 0.15) is 5.84 Å². The van der Waals surface area contributed by atoms with Crippen LogP contribution in [0.5, 0.6) is 0 Å². The zero-order valence-electron chi connectivity index (χ0n) is 14.1. The molecule has 0 aromatic heterocycles. The summed E-state index contributed by atoms with van der Waals surface area (Å²) in [5.74, 6) is 0.881. The molecule has 126 valence electrons. The van der Waals surface area contributed by atoms with Gasteiger partial charge in [-0.3, -0.25) is 0 Å². The number of hydrogen-bond acceptors (Lipinski definition) is 4. The molecule has 24 heavy (non-hydrogen) atoms. The van der Waals surface area contributed by atoms with Gasteiger partial charge in [0.25, 0.3) is 0 Å². The highest BCUT2D eigenvalue weighted by molar-refractivity contribution is 6.31. The Morgan fingerprint density at radius 3 is 2.67 bits per heavy atom. The van der Waals surface area contributed by atoms with Crippen molar-refractivity contribution < 1.29 is 0 Å². The number of fused-ring (bicyclic) bond motifs is 2. The van der Waals surface area contributed by atoms with Crippen LogP contribution in [0.3, 0.4) is 0 Å². The van der Waals surface area contributed by atoms with Gasteiger partial charge in [0, 0.05) is 29.4 Å². The number of halogens is 1. The van der Waals surface area contributed by atoms with Crippen LogP contribution in [0.15, 0.2) is 47.5 Å². The van der Waals surface area contributed by atoms with Crippen molar-refractivity contribution >= 4 is 34.5 Å². The maximum Gasteiger partial charge on any atom is 0.136 e. The lowest BCUT2D eigenvalue weighted by Crippen LogP contribution is -2.35. The van der Waals surface area contributed by atoms with Gasteiger partial charge < -0.3 is 15.5 Å². The normalized spacial score (nSPS) is 12.8. The van der Waals surface area contributed by atoms with Gasteiger partial charge in [0.05, 0.1) is 11.4 Å². The molecule has 0 spiro atoms. The van der Waals surface area contributed by atoms with Crippen molar-refractivity contribution in [2.75, 3.05) is 31.5 Å². The van der Waals surface area contributed by atoms with Crippen molar-refractivity contribution in [1.29, 1.82) is 0 Å². The van der Waals surface area contributed by atoms with Gasteiger partial charge in [0.2, 0.25) is 0 Å². The third kappa shape index (κ3) is 3.71. The van der Waals surface area contributed by atoms with Gasteiger partial charge in [-0.1, -0.05) is 37.6 Å². The van der Waals surface area contributed by atoms with Crippen molar-refractivity contribution in [3.8, 4) is 0 Å². The lowest BCUT2D eigenvalue weighted by Gasteiger charge is -2.19. The molecule has 0 unspecified atom stereocenters. The van der Waals surface area contributed by atoms with Gasteiger partial charge in [-0.25, -0.2) is 4.99 Å². The Labute approximate surface area is 148 Å². The number of likely N-dealkylation sites (N-methyl/N-ethyl adjacent to an activating group) is 1. The highest BCUT2D eigenvalue weighted by atomic mass is 35.5. The Hall–Kier alpha value is -2.04. The molecular formula is C19H23ClN4. The molecule has 0 aliphatic carbocycles. The SMILES string of the molecule is CCN(CC)CCNC1=Nc2cc(Cl)ccc2Nc2ccccc21. The number of benzene rings is 2. The Morgan fingerprint density at radius 1 is 1.08 bits per heavy atom. The standard InChI is InChI=1S/C19H23ClN4/c1-3-24(4-2)12-11-21-19-15-7-5-6-8-16(15)22-17-10-9-14(20)13-18(17)23-19/h5-10,13,22H,3-4,11-12H2,1-2H3,(H,21,23). The minimum atomic E-state index is 0.688. The summed E-state index contributed by atoms with van der Waals surface area (Å²) < 4.78 is 0. The number of amidine groups is 1. The Balaban J connectivity index is 1.89. The maximum absolute atomic E-state index is 6.15. The number of nitrogens with one attached hydrogen (secondary N) is 2. The van der Waals surface area contributed by atoms with E-state index in [2.05, 4.69) is 41.5 Å². The first-order valence-electron chi connectivity index (χ1n) is 8.42. The van der Waals surface area contributed by atoms with Crippen LogP contribution in [0, 0.1) is 0 Å². The largest absolute Gasteiger partial charge is 0.368 e. The molecule has 0 radical (unpaired) electrons. The lowest BCUT2D eigenvalue weighted by molar-refractivity contribution is 0.308. The maximum atomic E-state index is 6.15. The fourth-order valence-electron chi connectivity index (χ4n) is 2.83. The molecule has 0 amide bonds. The molecule has 0 fully saturated rings. The van der Waals surface area contributed by atoms with Crippen LogP contribution in [0.25, 0.3) is 0 Å². The number of para-hydroxylation sites is 1. The highest BCUT2D eigenvalue weighted by Gasteiger charge is 2.16. The van der Waals surface area contributed by atoms with Gasteiger partial charge in [-0.15, -0.1) is 0 Å². The first-order chi connectivity index (χ1) is 11.7. The minimum absolute atomic E-state index is 0.688. The van der Waals surface area contributed by atoms with Gasteiger partial charge in [0.15, 0.2) is 0 Å². The summed E-state index contributed by atoms with van der Waals surface area (Å²) in [5, 5.41) is 7.65. The topological polar surface area (TPSA) is 39.7 Å². The first-order valence-corrected chi connectivity index (χ1v) is 8.80. The first kappa shape index (κ1) is 16.8. The van der Waals surface area contributed by atoms with E-state index in [1.165, 1.54) is 0 Å². The number of anilines is 2. The fourth-order valence-corrected chi connectivity index (χ4v) is 3.00.